The van der Waals surface area contributed by atoms with E-state index in [0.717, 1.165) is 15.4 Å². The first kappa shape index (κ1) is 18.0. The van der Waals surface area contributed by atoms with Gasteiger partial charge < -0.3 is 0 Å². The van der Waals surface area contributed by atoms with Gasteiger partial charge in [-0.25, -0.2) is 14.6 Å². The second-order valence-electron chi connectivity index (χ2n) is 5.96. The molecule has 1 saturated heterocycles. The van der Waals surface area contributed by atoms with Gasteiger partial charge in [0.05, 0.1) is 5.69 Å². The smallest absolute Gasteiger partial charge is 0.274 e. The quantitative estimate of drug-likeness (QED) is 0.468. The maximum absolute atomic E-state index is 12.9. The highest BCUT2D eigenvalue weighted by Crippen LogP contribution is 2.31. The number of hydrogen-bond acceptors (Lipinski definition) is 3. The average Bonchev–Trinajstić information content (AvgIpc) is 2.79. The Labute approximate surface area is 157 Å². The summed E-state index contributed by atoms with van der Waals surface area (Å²) in [4.78, 5) is 39.5. The molecule has 2 aromatic carbocycles. The number of imide groups is 2. The van der Waals surface area contributed by atoms with E-state index in [2.05, 4.69) is 0 Å². The zero-order chi connectivity index (χ0) is 19.0. The molecule has 1 aliphatic heterocycles. The first-order chi connectivity index (χ1) is 12.3. The maximum Gasteiger partial charge on any atom is 0.343 e. The Kier molecular flexibility index (Phi) is 4.70. The van der Waals surface area contributed by atoms with E-state index in [9.17, 15) is 14.4 Å². The highest BCUT2D eigenvalue weighted by molar-refractivity contribution is 6.34. The number of urea groups is 1. The first-order valence-corrected chi connectivity index (χ1v) is 8.19. The third-order valence-electron chi connectivity index (χ3n) is 3.89. The van der Waals surface area contributed by atoms with Crippen LogP contribution in [0.4, 0.5) is 10.5 Å². The Morgan fingerprint density at radius 2 is 1.77 bits per heavy atom. The number of carbonyl (C=O) groups is 3. The summed E-state index contributed by atoms with van der Waals surface area (Å²) >= 11 is 6.05. The fourth-order valence-corrected chi connectivity index (χ4v) is 3.04. The minimum atomic E-state index is -0.731. The molecule has 0 aliphatic carbocycles. The number of aryl methyl sites for hydroxylation is 1. The van der Waals surface area contributed by atoms with Crippen LogP contribution in [0, 0.1) is 6.92 Å². The Morgan fingerprint density at radius 3 is 2.35 bits per heavy atom. The van der Waals surface area contributed by atoms with Crippen LogP contribution in [-0.2, 0) is 9.59 Å². The van der Waals surface area contributed by atoms with Gasteiger partial charge in [-0.2, -0.15) is 0 Å². The van der Waals surface area contributed by atoms with Crippen LogP contribution in [0.25, 0.3) is 6.08 Å². The molecule has 0 bridgehead atoms. The zero-order valence-corrected chi connectivity index (χ0v) is 14.9. The van der Waals surface area contributed by atoms with Crippen molar-refractivity contribution in [1.82, 2.24) is 4.90 Å². The summed E-state index contributed by atoms with van der Waals surface area (Å²) in [5.41, 5.74) is 2.30. The van der Waals surface area contributed by atoms with Crippen molar-refractivity contribution < 1.29 is 14.4 Å². The van der Waals surface area contributed by atoms with Gasteiger partial charge in [0.2, 0.25) is 5.91 Å². The maximum atomic E-state index is 12.9. The van der Waals surface area contributed by atoms with Crippen molar-refractivity contribution in [3.05, 3.63) is 64.3 Å². The van der Waals surface area contributed by atoms with Gasteiger partial charge in [-0.15, -0.1) is 0 Å². The summed E-state index contributed by atoms with van der Waals surface area (Å²) < 4.78 is 0. The topological polar surface area (TPSA) is 57.7 Å². The van der Waals surface area contributed by atoms with Gasteiger partial charge in [0, 0.05) is 11.9 Å². The van der Waals surface area contributed by atoms with Gasteiger partial charge in [-0.3, -0.25) is 9.59 Å². The van der Waals surface area contributed by atoms with Crippen LogP contribution in [0.5, 0.6) is 0 Å². The second kappa shape index (κ2) is 6.80. The van der Waals surface area contributed by atoms with Crippen molar-refractivity contribution in [2.75, 3.05) is 4.90 Å². The van der Waals surface area contributed by atoms with E-state index in [0.29, 0.717) is 21.7 Å². The normalized spacial score (nSPS) is 15.9. The molecule has 0 spiro atoms. The van der Waals surface area contributed by atoms with Gasteiger partial charge >= 0.3 is 6.03 Å². The predicted molar refractivity (Wildman–Crippen MR) is 101 cm³/mol. The fourth-order valence-electron chi connectivity index (χ4n) is 2.75. The lowest BCUT2D eigenvalue weighted by Crippen LogP contribution is -2.35. The Bertz CT molecular complexity index is 934. The van der Waals surface area contributed by atoms with Crippen LogP contribution in [0.1, 0.15) is 18.1 Å². The van der Waals surface area contributed by atoms with Crippen LogP contribution in [0.15, 0.2) is 48.2 Å². The Balaban J connectivity index is 2.10. The SMILES string of the molecule is [B]c1ccc(/C=C2\C(=O)N(c3cc(C)cc(Cl)c3)C(=O)N2C(C)=O)cc1. The minimum absolute atomic E-state index is 0.0232. The molecule has 0 unspecified atom stereocenters. The van der Waals surface area contributed by atoms with Crippen molar-refractivity contribution in [2.24, 2.45) is 0 Å². The molecule has 128 valence electrons. The molecule has 0 aromatic heterocycles. The van der Waals surface area contributed by atoms with E-state index in [1.807, 2.05) is 0 Å². The number of anilines is 1. The molecule has 2 radical (unpaired) electrons. The lowest BCUT2D eigenvalue weighted by atomic mass is 9.95. The van der Waals surface area contributed by atoms with Crippen LogP contribution >= 0.6 is 11.6 Å². The predicted octanol–water partition coefficient (Wildman–Crippen LogP) is 2.80. The van der Waals surface area contributed by atoms with E-state index < -0.39 is 17.8 Å². The van der Waals surface area contributed by atoms with Crippen molar-refractivity contribution in [3.8, 4) is 0 Å². The van der Waals surface area contributed by atoms with E-state index in [-0.39, 0.29) is 5.70 Å². The number of benzene rings is 2. The lowest BCUT2D eigenvalue weighted by molar-refractivity contribution is -0.125. The van der Waals surface area contributed by atoms with Crippen LogP contribution < -0.4 is 10.4 Å². The Hall–Kier alpha value is -2.86. The van der Waals surface area contributed by atoms with Gasteiger partial charge in [0.1, 0.15) is 13.5 Å². The summed E-state index contributed by atoms with van der Waals surface area (Å²) in [6.07, 6.45) is 1.48. The third kappa shape index (κ3) is 3.28. The molecular weight excluding hydrogens is 350 g/mol. The number of halogens is 1. The zero-order valence-electron chi connectivity index (χ0n) is 14.2. The number of amides is 4. The standard InChI is InChI=1S/C19H14BClN2O3/c1-11-7-15(21)10-16(8-11)23-18(25)17(22(12(2)24)19(23)26)9-13-3-5-14(20)6-4-13/h3-10H,1-2H3/b17-9+. The largest absolute Gasteiger partial charge is 0.343 e. The van der Waals surface area contributed by atoms with Crippen molar-refractivity contribution in [2.45, 2.75) is 13.8 Å². The van der Waals surface area contributed by atoms with Crippen LogP contribution in [-0.4, -0.2) is 30.6 Å². The molecule has 5 nitrogen and oxygen atoms in total. The molecule has 2 aromatic rings. The fraction of sp³-hybridized carbons (Fsp3) is 0.105. The number of rotatable bonds is 2. The van der Waals surface area contributed by atoms with E-state index in [4.69, 9.17) is 19.4 Å². The van der Waals surface area contributed by atoms with E-state index in [1.54, 1.807) is 43.3 Å². The molecule has 26 heavy (non-hydrogen) atoms. The van der Waals surface area contributed by atoms with Gasteiger partial charge in [0.15, 0.2) is 0 Å². The molecular formula is C19H14BClN2O3. The lowest BCUT2D eigenvalue weighted by Gasteiger charge is -2.15. The molecule has 0 saturated carbocycles. The van der Waals surface area contributed by atoms with Crippen LogP contribution in [0.3, 0.4) is 0 Å². The van der Waals surface area contributed by atoms with Gasteiger partial charge in [-0.05, 0) is 42.3 Å². The highest BCUT2D eigenvalue weighted by Gasteiger charge is 2.44. The number of hydrogen-bond donors (Lipinski definition) is 0. The van der Waals surface area contributed by atoms with E-state index in [1.165, 1.54) is 19.1 Å². The average molecular weight is 365 g/mol. The molecule has 4 amide bonds. The molecule has 7 heteroatoms. The molecule has 3 rings (SSSR count). The summed E-state index contributed by atoms with van der Waals surface area (Å²) in [5, 5.41) is 0.394. The molecule has 1 fully saturated rings. The third-order valence-corrected chi connectivity index (χ3v) is 4.10. The van der Waals surface area contributed by atoms with Crippen LogP contribution in [0.2, 0.25) is 5.02 Å². The Morgan fingerprint density at radius 1 is 1.12 bits per heavy atom. The van der Waals surface area contributed by atoms with Gasteiger partial charge in [-0.1, -0.05) is 41.3 Å². The second-order valence-corrected chi connectivity index (χ2v) is 6.40. The molecule has 1 heterocycles. The summed E-state index contributed by atoms with van der Waals surface area (Å²) in [7, 11) is 5.66. The van der Waals surface area contributed by atoms with Gasteiger partial charge in [0.25, 0.3) is 5.91 Å². The van der Waals surface area contributed by atoms with Crippen molar-refractivity contribution in [3.63, 3.8) is 0 Å². The summed E-state index contributed by atoms with van der Waals surface area (Å²) in [5.74, 6) is -1.14. The summed E-state index contributed by atoms with van der Waals surface area (Å²) in [6, 6.07) is 10.9. The minimum Gasteiger partial charge on any atom is -0.274 e. The van der Waals surface area contributed by atoms with Crippen molar-refractivity contribution in [1.29, 1.82) is 0 Å². The number of nitrogens with zero attached hydrogens (tertiary/aromatic N) is 2. The van der Waals surface area contributed by atoms with Crippen molar-refractivity contribution >= 4 is 54.5 Å². The van der Waals surface area contributed by atoms with E-state index >= 15 is 0 Å². The highest BCUT2D eigenvalue weighted by atomic mass is 35.5. The molecule has 0 N–H and O–H groups in total. The number of carbonyl (C=O) groups excluding carboxylic acids is 3. The monoisotopic (exact) mass is 364 g/mol. The molecule has 1 aliphatic rings. The first-order valence-electron chi connectivity index (χ1n) is 7.81. The molecule has 0 atom stereocenters. The summed E-state index contributed by atoms with van der Waals surface area (Å²) in [6.45, 7) is 3.03.